The van der Waals surface area contributed by atoms with Gasteiger partial charge in [-0.3, -0.25) is 4.79 Å². The van der Waals surface area contributed by atoms with E-state index < -0.39 is 0 Å². The normalized spacial score (nSPS) is 11.7. The summed E-state index contributed by atoms with van der Waals surface area (Å²) in [5.74, 6) is -0.239. The fraction of sp³-hybridized carbons (Fsp3) is 0.235. The number of benzene rings is 2. The van der Waals surface area contributed by atoms with Crippen LogP contribution in [0.25, 0.3) is 0 Å². The molecule has 0 fully saturated rings. The van der Waals surface area contributed by atoms with Gasteiger partial charge in [0.15, 0.2) is 0 Å². The predicted octanol–water partition coefficient (Wildman–Crippen LogP) is 3.43. The van der Waals surface area contributed by atoms with Crippen molar-refractivity contribution in [2.24, 2.45) is 0 Å². The van der Waals surface area contributed by atoms with Gasteiger partial charge in [-0.25, -0.2) is 0 Å². The minimum absolute atomic E-state index is 0.0951. The number of rotatable bonds is 5. The second-order valence-corrected chi connectivity index (χ2v) is 4.63. The van der Waals surface area contributed by atoms with Crippen LogP contribution in [0.4, 0.5) is 5.69 Å². The Morgan fingerprint density at radius 3 is 2.15 bits per heavy atom. The van der Waals surface area contributed by atoms with Crippen LogP contribution in [-0.2, 0) is 9.53 Å². The highest BCUT2D eigenvalue weighted by molar-refractivity contribution is 5.76. The molecule has 0 aliphatic carbocycles. The maximum absolute atomic E-state index is 11.7. The molecule has 0 aliphatic heterocycles. The van der Waals surface area contributed by atoms with Crippen LogP contribution in [0, 0.1) is 0 Å². The summed E-state index contributed by atoms with van der Waals surface area (Å²) < 4.78 is 4.81. The van der Waals surface area contributed by atoms with E-state index in [0.717, 1.165) is 5.69 Å². The zero-order valence-electron chi connectivity index (χ0n) is 11.8. The molecular weight excluding hydrogens is 250 g/mol. The van der Waals surface area contributed by atoms with Crippen molar-refractivity contribution in [3.05, 3.63) is 66.2 Å². The Balaban J connectivity index is 2.29. The lowest BCUT2D eigenvalue weighted by Crippen LogP contribution is -2.33. The SMILES string of the molecule is COC(=O)CN(c1ccccc1)C(C)c1ccccc1. The lowest BCUT2D eigenvalue weighted by atomic mass is 10.1. The number of hydrogen-bond acceptors (Lipinski definition) is 3. The third-order valence-corrected chi connectivity index (χ3v) is 3.36. The third kappa shape index (κ3) is 3.38. The van der Waals surface area contributed by atoms with Gasteiger partial charge in [-0.05, 0) is 24.6 Å². The van der Waals surface area contributed by atoms with Gasteiger partial charge in [0.25, 0.3) is 0 Å². The molecule has 0 saturated carbocycles. The number of esters is 1. The monoisotopic (exact) mass is 269 g/mol. The first kappa shape index (κ1) is 14.1. The van der Waals surface area contributed by atoms with E-state index in [4.69, 9.17) is 4.74 Å². The molecule has 0 spiro atoms. The van der Waals surface area contributed by atoms with Crippen LogP contribution in [0.1, 0.15) is 18.5 Å². The van der Waals surface area contributed by atoms with Crippen LogP contribution in [0.2, 0.25) is 0 Å². The number of nitrogens with zero attached hydrogens (tertiary/aromatic N) is 1. The second-order valence-electron chi connectivity index (χ2n) is 4.63. The van der Waals surface area contributed by atoms with Crippen LogP contribution >= 0.6 is 0 Å². The lowest BCUT2D eigenvalue weighted by Gasteiger charge is -2.30. The Labute approximate surface area is 119 Å². The fourth-order valence-electron chi connectivity index (χ4n) is 2.19. The van der Waals surface area contributed by atoms with E-state index in [1.54, 1.807) is 0 Å². The highest BCUT2D eigenvalue weighted by Gasteiger charge is 2.19. The summed E-state index contributed by atoms with van der Waals surface area (Å²) in [5, 5.41) is 0. The van der Waals surface area contributed by atoms with Gasteiger partial charge in [-0.2, -0.15) is 0 Å². The zero-order chi connectivity index (χ0) is 14.4. The average Bonchev–Trinajstić information content (AvgIpc) is 2.53. The Morgan fingerprint density at radius 2 is 1.60 bits per heavy atom. The van der Waals surface area contributed by atoms with Crippen LogP contribution in [0.5, 0.6) is 0 Å². The molecule has 104 valence electrons. The summed E-state index contributed by atoms with van der Waals surface area (Å²) in [6, 6.07) is 20.1. The van der Waals surface area contributed by atoms with Gasteiger partial charge in [0.05, 0.1) is 13.2 Å². The maximum Gasteiger partial charge on any atom is 0.325 e. The second kappa shape index (κ2) is 6.75. The summed E-state index contributed by atoms with van der Waals surface area (Å²) in [5.41, 5.74) is 2.18. The first-order chi connectivity index (χ1) is 9.72. The summed E-state index contributed by atoms with van der Waals surface area (Å²) in [4.78, 5) is 13.7. The van der Waals surface area contributed by atoms with Crippen molar-refractivity contribution in [2.45, 2.75) is 13.0 Å². The van der Waals surface area contributed by atoms with Crippen molar-refractivity contribution in [2.75, 3.05) is 18.6 Å². The largest absolute Gasteiger partial charge is 0.468 e. The number of ether oxygens (including phenoxy) is 1. The minimum Gasteiger partial charge on any atom is -0.468 e. The van der Waals surface area contributed by atoms with Crippen molar-refractivity contribution < 1.29 is 9.53 Å². The van der Waals surface area contributed by atoms with E-state index in [2.05, 4.69) is 19.1 Å². The molecule has 0 aromatic heterocycles. The molecule has 1 atom stereocenters. The molecule has 20 heavy (non-hydrogen) atoms. The molecule has 0 heterocycles. The van der Waals surface area contributed by atoms with E-state index in [-0.39, 0.29) is 18.6 Å². The van der Waals surface area contributed by atoms with E-state index in [1.807, 2.05) is 53.4 Å². The lowest BCUT2D eigenvalue weighted by molar-refractivity contribution is -0.139. The first-order valence-corrected chi connectivity index (χ1v) is 6.66. The molecule has 0 radical (unpaired) electrons. The van der Waals surface area contributed by atoms with Gasteiger partial charge in [0, 0.05) is 5.69 Å². The molecule has 3 heteroatoms. The Morgan fingerprint density at radius 1 is 1.05 bits per heavy atom. The molecule has 0 saturated heterocycles. The van der Waals surface area contributed by atoms with E-state index in [9.17, 15) is 4.79 Å². The smallest absolute Gasteiger partial charge is 0.325 e. The molecule has 0 amide bonds. The quantitative estimate of drug-likeness (QED) is 0.779. The number of hydrogen-bond donors (Lipinski definition) is 0. The number of carbonyl (C=O) groups is 1. The molecule has 0 N–H and O–H groups in total. The average molecular weight is 269 g/mol. The predicted molar refractivity (Wildman–Crippen MR) is 80.7 cm³/mol. The fourth-order valence-corrected chi connectivity index (χ4v) is 2.19. The molecular formula is C17H19NO2. The standard InChI is InChI=1S/C17H19NO2/c1-14(15-9-5-3-6-10-15)18(13-17(19)20-2)16-11-7-4-8-12-16/h3-12,14H,13H2,1-2H3. The summed E-state index contributed by atoms with van der Waals surface area (Å²) in [6.45, 7) is 2.32. The maximum atomic E-state index is 11.7. The van der Waals surface area contributed by atoms with Crippen molar-refractivity contribution >= 4 is 11.7 Å². The first-order valence-electron chi connectivity index (χ1n) is 6.66. The third-order valence-electron chi connectivity index (χ3n) is 3.36. The van der Waals surface area contributed by atoms with E-state index >= 15 is 0 Å². The summed E-state index contributed by atoms with van der Waals surface area (Å²) >= 11 is 0. The molecule has 1 unspecified atom stereocenters. The number of para-hydroxylation sites is 1. The molecule has 2 rings (SSSR count). The van der Waals surface area contributed by atoms with E-state index in [0.29, 0.717) is 0 Å². The van der Waals surface area contributed by atoms with Crippen molar-refractivity contribution in [3.8, 4) is 0 Å². The number of carbonyl (C=O) groups excluding carboxylic acids is 1. The molecule has 0 aliphatic rings. The van der Waals surface area contributed by atoms with Gasteiger partial charge in [-0.1, -0.05) is 48.5 Å². The van der Waals surface area contributed by atoms with Crippen LogP contribution < -0.4 is 4.90 Å². The van der Waals surface area contributed by atoms with Crippen molar-refractivity contribution in [1.29, 1.82) is 0 Å². The minimum atomic E-state index is -0.239. The molecule has 2 aromatic carbocycles. The van der Waals surface area contributed by atoms with Gasteiger partial charge in [0.2, 0.25) is 0 Å². The molecule has 0 bridgehead atoms. The Hall–Kier alpha value is -2.29. The number of methoxy groups -OCH3 is 1. The van der Waals surface area contributed by atoms with Gasteiger partial charge in [0.1, 0.15) is 6.54 Å². The van der Waals surface area contributed by atoms with E-state index in [1.165, 1.54) is 12.7 Å². The summed E-state index contributed by atoms with van der Waals surface area (Å²) in [6.07, 6.45) is 0. The highest BCUT2D eigenvalue weighted by Crippen LogP contribution is 2.26. The molecule has 3 nitrogen and oxygen atoms in total. The van der Waals surface area contributed by atoms with Gasteiger partial charge < -0.3 is 9.64 Å². The highest BCUT2D eigenvalue weighted by atomic mass is 16.5. The Kier molecular flexibility index (Phi) is 4.77. The van der Waals surface area contributed by atoms with Crippen molar-refractivity contribution in [3.63, 3.8) is 0 Å². The van der Waals surface area contributed by atoms with Crippen LogP contribution in [-0.4, -0.2) is 19.6 Å². The molecule has 2 aromatic rings. The number of anilines is 1. The zero-order valence-corrected chi connectivity index (χ0v) is 11.8. The van der Waals surface area contributed by atoms with Crippen LogP contribution in [0.15, 0.2) is 60.7 Å². The van der Waals surface area contributed by atoms with Gasteiger partial charge >= 0.3 is 5.97 Å². The van der Waals surface area contributed by atoms with Gasteiger partial charge in [-0.15, -0.1) is 0 Å². The Bertz CT molecular complexity index is 539. The van der Waals surface area contributed by atoms with Crippen LogP contribution in [0.3, 0.4) is 0 Å². The summed E-state index contributed by atoms with van der Waals surface area (Å²) in [7, 11) is 1.42. The van der Waals surface area contributed by atoms with Crippen molar-refractivity contribution in [1.82, 2.24) is 0 Å². The topological polar surface area (TPSA) is 29.5 Å².